The summed E-state index contributed by atoms with van der Waals surface area (Å²) in [4.78, 5) is 29.9. The smallest absolute Gasteiger partial charge is 0.272 e. The van der Waals surface area contributed by atoms with Crippen LogP contribution in [0.3, 0.4) is 0 Å². The van der Waals surface area contributed by atoms with Crippen LogP contribution in [-0.4, -0.2) is 34.3 Å². The summed E-state index contributed by atoms with van der Waals surface area (Å²) in [5.74, 6) is 0.386. The van der Waals surface area contributed by atoms with Crippen molar-refractivity contribution in [1.29, 1.82) is 0 Å². The first-order valence-electron chi connectivity index (χ1n) is 11.6. The minimum atomic E-state index is -0.544. The van der Waals surface area contributed by atoms with E-state index < -0.39 is 12.1 Å². The fraction of sp³-hybridized carbons (Fsp3) is 0.222. The Hall–Kier alpha value is -3.68. The van der Waals surface area contributed by atoms with Gasteiger partial charge in [0.25, 0.3) is 11.5 Å². The molecular formula is C27H22ClN3O4. The molecule has 2 aliphatic rings. The standard InChI is InChI=1S/C27H22ClN3O4/c28-17-10-11-19-18(14-17)24(16-6-2-1-3-7-16)25(26(32)29-19)20-15-21(22-8-4-12-34-22)31(30-20)27(33)23-9-5-13-35-23/h1-4,6-8,10-12,14,21,23H,5,9,13,15H2,(H,29,32)/t21-,23+/m1/s1. The zero-order valence-corrected chi connectivity index (χ0v) is 19.5. The first-order valence-corrected chi connectivity index (χ1v) is 11.9. The quantitative estimate of drug-likeness (QED) is 0.423. The molecule has 35 heavy (non-hydrogen) atoms. The van der Waals surface area contributed by atoms with Crippen molar-refractivity contribution in [3.63, 3.8) is 0 Å². The minimum absolute atomic E-state index is 0.222. The number of H-pyrrole nitrogens is 1. The van der Waals surface area contributed by atoms with E-state index in [0.717, 1.165) is 22.9 Å². The van der Waals surface area contributed by atoms with Gasteiger partial charge in [0.2, 0.25) is 0 Å². The highest BCUT2D eigenvalue weighted by molar-refractivity contribution is 6.31. The summed E-state index contributed by atoms with van der Waals surface area (Å²) in [5.41, 5.74) is 2.93. The highest BCUT2D eigenvalue weighted by atomic mass is 35.5. The lowest BCUT2D eigenvalue weighted by Crippen LogP contribution is -2.35. The molecule has 1 fully saturated rings. The number of benzene rings is 2. The first-order chi connectivity index (χ1) is 17.1. The summed E-state index contributed by atoms with van der Waals surface area (Å²) < 4.78 is 11.3. The number of nitrogens with zero attached hydrogens (tertiary/aromatic N) is 2. The van der Waals surface area contributed by atoms with Gasteiger partial charge in [0.1, 0.15) is 17.9 Å². The van der Waals surface area contributed by atoms with Gasteiger partial charge in [0.05, 0.1) is 17.5 Å². The van der Waals surface area contributed by atoms with E-state index in [0.29, 0.717) is 47.0 Å². The summed E-state index contributed by atoms with van der Waals surface area (Å²) in [5, 5.41) is 7.52. The van der Waals surface area contributed by atoms with Crippen LogP contribution in [0.5, 0.6) is 0 Å². The molecule has 1 N–H and O–H groups in total. The van der Waals surface area contributed by atoms with Crippen LogP contribution >= 0.6 is 11.6 Å². The molecule has 1 saturated heterocycles. The third kappa shape index (κ3) is 3.87. The number of rotatable bonds is 4. The van der Waals surface area contributed by atoms with Gasteiger partial charge in [0.15, 0.2) is 0 Å². The number of ether oxygens (including phenoxy) is 1. The molecule has 4 heterocycles. The van der Waals surface area contributed by atoms with Gasteiger partial charge < -0.3 is 14.1 Å². The van der Waals surface area contributed by atoms with Crippen molar-refractivity contribution in [3.05, 3.63) is 93.6 Å². The molecule has 4 aromatic rings. The number of carbonyl (C=O) groups is 1. The molecule has 0 aliphatic carbocycles. The highest BCUT2D eigenvalue weighted by Crippen LogP contribution is 2.38. The molecule has 1 amide bonds. The summed E-state index contributed by atoms with van der Waals surface area (Å²) in [6.07, 6.45) is 2.84. The number of pyridine rings is 1. The number of carbonyl (C=O) groups excluding carboxylic acids is 1. The molecule has 0 spiro atoms. The number of halogens is 1. The molecule has 8 heteroatoms. The van der Waals surface area contributed by atoms with Crippen LogP contribution in [0.4, 0.5) is 0 Å². The van der Waals surface area contributed by atoms with E-state index in [4.69, 9.17) is 25.9 Å². The fourth-order valence-electron chi connectivity index (χ4n) is 4.93. The molecule has 0 bridgehead atoms. The number of fused-ring (bicyclic) bond motifs is 1. The average molecular weight is 488 g/mol. The van der Waals surface area contributed by atoms with E-state index >= 15 is 0 Å². The van der Waals surface area contributed by atoms with E-state index in [2.05, 4.69) is 4.98 Å². The molecule has 7 nitrogen and oxygen atoms in total. The third-order valence-electron chi connectivity index (χ3n) is 6.54. The Labute approximate surface area is 206 Å². The normalized spacial score (nSPS) is 19.9. The average Bonchev–Trinajstić information content (AvgIpc) is 3.65. The topological polar surface area (TPSA) is 87.9 Å². The second-order valence-electron chi connectivity index (χ2n) is 8.73. The zero-order valence-electron chi connectivity index (χ0n) is 18.7. The number of aromatic nitrogens is 1. The van der Waals surface area contributed by atoms with E-state index in [1.54, 1.807) is 24.5 Å². The maximum atomic E-state index is 13.5. The van der Waals surface area contributed by atoms with Gasteiger partial charge in [-0.15, -0.1) is 0 Å². The molecule has 2 atom stereocenters. The van der Waals surface area contributed by atoms with Crippen molar-refractivity contribution >= 4 is 34.1 Å². The van der Waals surface area contributed by atoms with Crippen molar-refractivity contribution in [2.75, 3.05) is 6.61 Å². The van der Waals surface area contributed by atoms with Crippen LogP contribution < -0.4 is 5.56 Å². The van der Waals surface area contributed by atoms with Crippen LogP contribution in [0, 0.1) is 0 Å². The summed E-state index contributed by atoms with van der Waals surface area (Å²) in [6, 6.07) is 18.2. The minimum Gasteiger partial charge on any atom is -0.467 e. The molecule has 176 valence electrons. The predicted octanol–water partition coefficient (Wildman–Crippen LogP) is 5.30. The van der Waals surface area contributed by atoms with Crippen LogP contribution in [0.1, 0.15) is 36.6 Å². The van der Waals surface area contributed by atoms with Crippen molar-refractivity contribution in [2.24, 2.45) is 5.10 Å². The molecule has 2 aliphatic heterocycles. The lowest BCUT2D eigenvalue weighted by Gasteiger charge is -2.22. The van der Waals surface area contributed by atoms with Gasteiger partial charge in [-0.05, 0) is 48.7 Å². The number of hydrazone groups is 1. The summed E-state index contributed by atoms with van der Waals surface area (Å²) in [6.45, 7) is 0.551. The number of hydrogen-bond acceptors (Lipinski definition) is 5. The maximum absolute atomic E-state index is 13.5. The van der Waals surface area contributed by atoms with E-state index in [1.807, 2.05) is 42.5 Å². The van der Waals surface area contributed by atoms with Crippen LogP contribution in [0.2, 0.25) is 5.02 Å². The molecule has 0 unspecified atom stereocenters. The largest absolute Gasteiger partial charge is 0.467 e. The Morgan fingerprint density at radius 1 is 1.09 bits per heavy atom. The van der Waals surface area contributed by atoms with Gasteiger partial charge in [-0.3, -0.25) is 9.59 Å². The number of furan rings is 1. The summed E-state index contributed by atoms with van der Waals surface area (Å²) in [7, 11) is 0. The lowest BCUT2D eigenvalue weighted by atomic mass is 9.92. The Morgan fingerprint density at radius 2 is 1.94 bits per heavy atom. The Kier molecular flexibility index (Phi) is 5.51. The Bertz CT molecular complexity index is 1490. The second kappa shape index (κ2) is 8.83. The van der Waals surface area contributed by atoms with E-state index in [-0.39, 0.29) is 11.5 Å². The van der Waals surface area contributed by atoms with Gasteiger partial charge in [-0.25, -0.2) is 5.01 Å². The van der Waals surface area contributed by atoms with Crippen molar-refractivity contribution in [2.45, 2.75) is 31.4 Å². The molecule has 2 aromatic carbocycles. The molecular weight excluding hydrogens is 466 g/mol. The molecule has 6 rings (SSSR count). The first kappa shape index (κ1) is 21.8. The predicted molar refractivity (Wildman–Crippen MR) is 133 cm³/mol. The SMILES string of the molecule is O=C([C@@H]1CCCO1)N1N=C(c2c(-c3ccccc3)c3cc(Cl)ccc3[nH]c2=O)C[C@@H]1c1ccco1. The van der Waals surface area contributed by atoms with Gasteiger partial charge >= 0.3 is 0 Å². The summed E-state index contributed by atoms with van der Waals surface area (Å²) >= 11 is 6.36. The number of nitrogens with one attached hydrogen (secondary N) is 1. The molecule has 2 aromatic heterocycles. The van der Waals surface area contributed by atoms with Gasteiger partial charge in [0, 0.05) is 34.5 Å². The van der Waals surface area contributed by atoms with Crippen molar-refractivity contribution in [3.8, 4) is 11.1 Å². The van der Waals surface area contributed by atoms with Crippen LogP contribution in [0.15, 0.2) is 81.2 Å². The second-order valence-corrected chi connectivity index (χ2v) is 9.16. The highest BCUT2D eigenvalue weighted by Gasteiger charge is 2.40. The maximum Gasteiger partial charge on any atom is 0.272 e. The lowest BCUT2D eigenvalue weighted by molar-refractivity contribution is -0.143. The van der Waals surface area contributed by atoms with E-state index in [9.17, 15) is 9.59 Å². The van der Waals surface area contributed by atoms with Crippen molar-refractivity contribution < 1.29 is 13.9 Å². The van der Waals surface area contributed by atoms with Gasteiger partial charge in [-0.2, -0.15) is 5.10 Å². The van der Waals surface area contributed by atoms with Gasteiger partial charge in [-0.1, -0.05) is 41.9 Å². The third-order valence-corrected chi connectivity index (χ3v) is 6.78. The Morgan fingerprint density at radius 3 is 2.69 bits per heavy atom. The van der Waals surface area contributed by atoms with Crippen molar-refractivity contribution in [1.82, 2.24) is 9.99 Å². The number of amides is 1. The number of aromatic amines is 1. The Balaban J connectivity index is 1.55. The fourth-order valence-corrected chi connectivity index (χ4v) is 5.10. The van der Waals surface area contributed by atoms with Crippen LogP contribution in [0.25, 0.3) is 22.0 Å². The monoisotopic (exact) mass is 487 g/mol. The molecule has 0 saturated carbocycles. The number of hydrogen-bond donors (Lipinski definition) is 1. The molecule has 0 radical (unpaired) electrons. The zero-order chi connectivity index (χ0) is 23.9. The van der Waals surface area contributed by atoms with E-state index in [1.165, 1.54) is 5.01 Å². The van der Waals surface area contributed by atoms with Crippen LogP contribution in [-0.2, 0) is 9.53 Å².